The molecule has 0 aliphatic carbocycles. The van der Waals surface area contributed by atoms with Gasteiger partial charge < -0.3 is 9.63 Å². The van der Waals surface area contributed by atoms with Crippen LogP contribution in [-0.4, -0.2) is 16.9 Å². The van der Waals surface area contributed by atoms with E-state index in [0.29, 0.717) is 0 Å². The number of aryl methyl sites for hydroxylation is 1. The Balaban J connectivity index is 1.97. The van der Waals surface area contributed by atoms with Gasteiger partial charge >= 0.3 is 0 Å². The molecule has 1 aromatic heterocycles. The first kappa shape index (κ1) is 16.3. The summed E-state index contributed by atoms with van der Waals surface area (Å²) >= 11 is 5.05. The van der Waals surface area contributed by atoms with E-state index in [9.17, 15) is 5.11 Å². The lowest BCUT2D eigenvalue weighted by molar-refractivity contribution is 0.296. The smallest absolute Gasteiger partial charge is 0.171 e. The molecule has 2 aromatic carbocycles. The molecule has 0 spiro atoms. The summed E-state index contributed by atoms with van der Waals surface area (Å²) in [5.74, 6) is 0.720. The lowest BCUT2D eigenvalue weighted by atomic mass is 10.0. The van der Waals surface area contributed by atoms with Crippen molar-refractivity contribution in [3.05, 3.63) is 70.3 Å². The van der Waals surface area contributed by atoms with E-state index in [2.05, 4.69) is 21.1 Å². The molecule has 0 aliphatic rings. The molecule has 0 fully saturated rings. The SMILES string of the molecule is Cc1noc(-c2ccc(Br)cc2)c1C(CO)Sc1ccccc1. The summed E-state index contributed by atoms with van der Waals surface area (Å²) in [6.07, 6.45) is 0. The van der Waals surface area contributed by atoms with Crippen molar-refractivity contribution in [2.45, 2.75) is 17.1 Å². The monoisotopic (exact) mass is 389 g/mol. The lowest BCUT2D eigenvalue weighted by Gasteiger charge is -2.14. The standard InChI is InChI=1S/C18H16BrNO2S/c1-12-17(16(11-21)23-15-5-3-2-4-6-15)18(22-20-12)13-7-9-14(19)10-8-13/h2-10,16,21H,11H2,1H3. The zero-order valence-corrected chi connectivity index (χ0v) is 15.0. The van der Waals surface area contributed by atoms with Gasteiger partial charge in [0.1, 0.15) is 0 Å². The van der Waals surface area contributed by atoms with E-state index in [4.69, 9.17) is 4.52 Å². The number of rotatable bonds is 5. The second-order valence-corrected chi connectivity index (χ2v) is 7.31. The third-order valence-electron chi connectivity index (χ3n) is 3.52. The van der Waals surface area contributed by atoms with Crippen molar-refractivity contribution < 1.29 is 9.63 Å². The molecular weight excluding hydrogens is 374 g/mol. The van der Waals surface area contributed by atoms with Crippen LogP contribution in [0.4, 0.5) is 0 Å². The first-order valence-corrected chi connectivity index (χ1v) is 8.91. The Morgan fingerprint density at radius 1 is 1.13 bits per heavy atom. The Morgan fingerprint density at radius 3 is 2.48 bits per heavy atom. The van der Waals surface area contributed by atoms with Crippen molar-refractivity contribution >= 4 is 27.7 Å². The Labute approximate surface area is 147 Å². The molecule has 3 nitrogen and oxygen atoms in total. The number of thioether (sulfide) groups is 1. The van der Waals surface area contributed by atoms with Gasteiger partial charge in [0, 0.05) is 20.5 Å². The van der Waals surface area contributed by atoms with E-state index in [1.807, 2.05) is 61.5 Å². The summed E-state index contributed by atoms with van der Waals surface area (Å²) < 4.78 is 6.56. The van der Waals surface area contributed by atoms with E-state index in [0.717, 1.165) is 31.9 Å². The molecule has 1 atom stereocenters. The van der Waals surface area contributed by atoms with Crippen LogP contribution in [0.2, 0.25) is 0 Å². The fourth-order valence-corrected chi connectivity index (χ4v) is 3.79. The summed E-state index contributed by atoms with van der Waals surface area (Å²) in [5.41, 5.74) is 2.71. The quantitative estimate of drug-likeness (QED) is 0.606. The van der Waals surface area contributed by atoms with Crippen LogP contribution in [0.3, 0.4) is 0 Å². The van der Waals surface area contributed by atoms with Crippen LogP contribution in [0.1, 0.15) is 16.5 Å². The first-order chi connectivity index (χ1) is 11.2. The van der Waals surface area contributed by atoms with Gasteiger partial charge in [-0.05, 0) is 31.2 Å². The molecule has 1 N–H and O–H groups in total. The second-order valence-electron chi connectivity index (χ2n) is 5.12. The van der Waals surface area contributed by atoms with Crippen molar-refractivity contribution in [1.29, 1.82) is 0 Å². The maximum absolute atomic E-state index is 9.90. The van der Waals surface area contributed by atoms with Crippen molar-refractivity contribution in [1.82, 2.24) is 5.16 Å². The number of hydrogen-bond acceptors (Lipinski definition) is 4. The number of aliphatic hydroxyl groups is 1. The van der Waals surface area contributed by atoms with Gasteiger partial charge in [-0.1, -0.05) is 51.4 Å². The molecule has 5 heteroatoms. The molecule has 0 bridgehead atoms. The highest BCUT2D eigenvalue weighted by molar-refractivity contribution is 9.10. The zero-order valence-electron chi connectivity index (χ0n) is 12.6. The summed E-state index contributed by atoms with van der Waals surface area (Å²) in [6, 6.07) is 17.9. The number of hydrogen-bond donors (Lipinski definition) is 1. The van der Waals surface area contributed by atoms with Gasteiger partial charge in [0.2, 0.25) is 0 Å². The van der Waals surface area contributed by atoms with E-state index >= 15 is 0 Å². The van der Waals surface area contributed by atoms with Crippen LogP contribution < -0.4 is 0 Å². The molecule has 3 aromatic rings. The summed E-state index contributed by atoms with van der Waals surface area (Å²) in [6.45, 7) is 1.93. The molecule has 0 saturated carbocycles. The van der Waals surface area contributed by atoms with Crippen LogP contribution in [0, 0.1) is 6.92 Å². The first-order valence-electron chi connectivity index (χ1n) is 7.23. The molecule has 0 amide bonds. The molecule has 3 rings (SSSR count). The highest BCUT2D eigenvalue weighted by Gasteiger charge is 2.24. The number of aliphatic hydroxyl groups excluding tert-OH is 1. The van der Waals surface area contributed by atoms with Gasteiger partial charge in [0.05, 0.1) is 17.6 Å². The average molecular weight is 390 g/mol. The van der Waals surface area contributed by atoms with Crippen LogP contribution >= 0.6 is 27.7 Å². The maximum Gasteiger partial charge on any atom is 0.171 e. The van der Waals surface area contributed by atoms with Crippen LogP contribution in [0.25, 0.3) is 11.3 Å². The Hall–Kier alpha value is -1.56. The molecule has 23 heavy (non-hydrogen) atoms. The summed E-state index contributed by atoms with van der Waals surface area (Å²) in [4.78, 5) is 1.11. The van der Waals surface area contributed by atoms with Gasteiger partial charge in [-0.15, -0.1) is 11.8 Å². The van der Waals surface area contributed by atoms with Gasteiger partial charge in [0.25, 0.3) is 0 Å². The Kier molecular flexibility index (Phi) is 5.20. The Morgan fingerprint density at radius 2 is 1.83 bits per heavy atom. The van der Waals surface area contributed by atoms with Crippen molar-refractivity contribution in [2.24, 2.45) is 0 Å². The Bertz CT molecular complexity index is 771. The minimum absolute atomic E-state index is 0.0190. The van der Waals surface area contributed by atoms with Crippen molar-refractivity contribution in [3.8, 4) is 11.3 Å². The van der Waals surface area contributed by atoms with Crippen molar-refractivity contribution in [3.63, 3.8) is 0 Å². The van der Waals surface area contributed by atoms with E-state index in [1.54, 1.807) is 11.8 Å². The predicted molar refractivity (Wildman–Crippen MR) is 96.5 cm³/mol. The van der Waals surface area contributed by atoms with Crippen LogP contribution in [0.15, 0.2) is 68.5 Å². The lowest BCUT2D eigenvalue weighted by Crippen LogP contribution is -2.02. The summed E-state index contributed by atoms with van der Waals surface area (Å²) in [5, 5.41) is 13.9. The van der Waals surface area contributed by atoms with E-state index in [-0.39, 0.29) is 11.9 Å². The van der Waals surface area contributed by atoms with Gasteiger partial charge in [0.15, 0.2) is 5.76 Å². The average Bonchev–Trinajstić information content (AvgIpc) is 2.96. The molecule has 0 saturated heterocycles. The van der Waals surface area contributed by atoms with Crippen LogP contribution in [-0.2, 0) is 0 Å². The molecule has 118 valence electrons. The number of nitrogens with zero attached hydrogens (tertiary/aromatic N) is 1. The number of aromatic nitrogens is 1. The molecule has 1 unspecified atom stereocenters. The fraction of sp³-hybridized carbons (Fsp3) is 0.167. The zero-order chi connectivity index (χ0) is 16.2. The molecular formula is C18H16BrNO2S. The normalized spacial score (nSPS) is 12.3. The highest BCUT2D eigenvalue weighted by atomic mass is 79.9. The number of halogens is 1. The molecule has 0 radical (unpaired) electrons. The predicted octanol–water partition coefficient (Wildman–Crippen LogP) is 5.24. The minimum atomic E-state index is -0.123. The topological polar surface area (TPSA) is 46.3 Å². The largest absolute Gasteiger partial charge is 0.395 e. The highest BCUT2D eigenvalue weighted by Crippen LogP contribution is 2.41. The van der Waals surface area contributed by atoms with E-state index in [1.165, 1.54) is 0 Å². The fourth-order valence-electron chi connectivity index (χ4n) is 2.42. The van der Waals surface area contributed by atoms with Crippen molar-refractivity contribution in [2.75, 3.05) is 6.61 Å². The third kappa shape index (κ3) is 3.68. The van der Waals surface area contributed by atoms with Gasteiger partial charge in [-0.2, -0.15) is 0 Å². The second kappa shape index (κ2) is 7.34. The maximum atomic E-state index is 9.90. The van der Waals surface area contributed by atoms with Crippen LogP contribution in [0.5, 0.6) is 0 Å². The minimum Gasteiger partial charge on any atom is -0.395 e. The van der Waals surface area contributed by atoms with Gasteiger partial charge in [-0.25, -0.2) is 0 Å². The molecule has 1 heterocycles. The summed E-state index contributed by atoms with van der Waals surface area (Å²) in [7, 11) is 0. The van der Waals surface area contributed by atoms with Gasteiger partial charge in [-0.3, -0.25) is 0 Å². The van der Waals surface area contributed by atoms with E-state index < -0.39 is 0 Å². The third-order valence-corrected chi connectivity index (χ3v) is 5.27. The number of benzene rings is 2. The molecule has 0 aliphatic heterocycles.